The summed E-state index contributed by atoms with van der Waals surface area (Å²) in [6, 6.07) is 32.4. The van der Waals surface area contributed by atoms with E-state index in [1.165, 1.54) is 49.6 Å². The Morgan fingerprint density at radius 2 is 1.43 bits per heavy atom. The van der Waals surface area contributed by atoms with E-state index in [0.29, 0.717) is 0 Å². The van der Waals surface area contributed by atoms with Crippen molar-refractivity contribution in [1.82, 2.24) is 4.57 Å². The molecule has 2 aromatic heterocycles. The molecule has 4 aromatic carbocycles. The molecule has 0 atom stereocenters. The van der Waals surface area contributed by atoms with E-state index in [1.807, 2.05) is 6.92 Å². The summed E-state index contributed by atoms with van der Waals surface area (Å²) in [4.78, 5) is 0. The minimum atomic E-state index is 0.952. The molecule has 0 amide bonds. The quantitative estimate of drug-likeness (QED) is 0.296. The second kappa shape index (κ2) is 6.36. The van der Waals surface area contributed by atoms with Gasteiger partial charge >= 0.3 is 0 Å². The van der Waals surface area contributed by atoms with Gasteiger partial charge in [-0.1, -0.05) is 54.6 Å². The number of para-hydroxylation sites is 2. The Kier molecular flexibility index (Phi) is 3.63. The van der Waals surface area contributed by atoms with Crippen molar-refractivity contribution in [3.05, 3.63) is 102 Å². The van der Waals surface area contributed by atoms with Crippen molar-refractivity contribution in [2.75, 3.05) is 0 Å². The SMILES string of the molecule is Cc1oc2ccc(-c3cccc4c3c3ccccc3n4-c3ccccc3)cc2c1C. The summed E-state index contributed by atoms with van der Waals surface area (Å²) in [6.07, 6.45) is 0. The molecule has 0 aliphatic heterocycles. The van der Waals surface area contributed by atoms with Gasteiger partial charge in [-0.25, -0.2) is 0 Å². The van der Waals surface area contributed by atoms with Crippen molar-refractivity contribution in [2.24, 2.45) is 0 Å². The number of rotatable bonds is 2. The summed E-state index contributed by atoms with van der Waals surface area (Å²) >= 11 is 0. The molecule has 0 unspecified atom stereocenters. The predicted octanol–water partition coefficient (Wildman–Crippen LogP) is 7.81. The summed E-state index contributed by atoms with van der Waals surface area (Å²) in [5.74, 6) is 0.987. The topological polar surface area (TPSA) is 18.1 Å². The molecule has 0 saturated carbocycles. The number of fused-ring (bicyclic) bond motifs is 4. The highest BCUT2D eigenvalue weighted by Crippen LogP contribution is 2.39. The van der Waals surface area contributed by atoms with E-state index in [4.69, 9.17) is 4.42 Å². The van der Waals surface area contributed by atoms with Gasteiger partial charge in [0.05, 0.1) is 11.0 Å². The molecule has 0 saturated heterocycles. The fraction of sp³-hybridized carbons (Fsp3) is 0.0714. The molecule has 0 spiro atoms. The summed E-state index contributed by atoms with van der Waals surface area (Å²) < 4.78 is 8.27. The number of hydrogen-bond donors (Lipinski definition) is 0. The molecule has 30 heavy (non-hydrogen) atoms. The van der Waals surface area contributed by atoms with Gasteiger partial charge in [0.1, 0.15) is 11.3 Å². The maximum Gasteiger partial charge on any atom is 0.134 e. The van der Waals surface area contributed by atoms with Crippen LogP contribution in [0.1, 0.15) is 11.3 Å². The molecule has 0 radical (unpaired) electrons. The molecule has 0 aliphatic rings. The fourth-order valence-electron chi connectivity index (χ4n) is 4.63. The Morgan fingerprint density at radius 1 is 0.667 bits per heavy atom. The molecular weight excluding hydrogens is 366 g/mol. The predicted molar refractivity (Wildman–Crippen MR) is 125 cm³/mol. The van der Waals surface area contributed by atoms with Crippen molar-refractivity contribution in [2.45, 2.75) is 13.8 Å². The van der Waals surface area contributed by atoms with E-state index >= 15 is 0 Å². The first-order valence-electron chi connectivity index (χ1n) is 10.3. The van der Waals surface area contributed by atoms with Crippen LogP contribution in [0.15, 0.2) is 95.4 Å². The van der Waals surface area contributed by atoms with Crippen LogP contribution in [0.5, 0.6) is 0 Å². The Labute approximate surface area is 175 Å². The van der Waals surface area contributed by atoms with Crippen LogP contribution in [0, 0.1) is 13.8 Å². The van der Waals surface area contributed by atoms with Crippen LogP contribution in [0.2, 0.25) is 0 Å². The van der Waals surface area contributed by atoms with E-state index in [0.717, 1.165) is 11.3 Å². The van der Waals surface area contributed by atoms with Gasteiger partial charge in [-0.3, -0.25) is 0 Å². The van der Waals surface area contributed by atoms with Crippen LogP contribution < -0.4 is 0 Å². The van der Waals surface area contributed by atoms with Crippen LogP contribution in [0.3, 0.4) is 0 Å². The van der Waals surface area contributed by atoms with E-state index < -0.39 is 0 Å². The van der Waals surface area contributed by atoms with Crippen molar-refractivity contribution >= 4 is 32.8 Å². The number of furan rings is 1. The van der Waals surface area contributed by atoms with Gasteiger partial charge in [0.2, 0.25) is 0 Å². The number of hydrogen-bond acceptors (Lipinski definition) is 1. The standard InChI is InChI=1S/C28H21NO/c1-18-19(2)30-27-16-15-20(17-24(18)27)22-12-8-14-26-28(22)23-11-6-7-13-25(23)29(26)21-9-4-3-5-10-21/h3-17H,1-2H3. The van der Waals surface area contributed by atoms with Gasteiger partial charge in [0, 0.05) is 21.8 Å². The second-order valence-electron chi connectivity index (χ2n) is 7.88. The Bertz CT molecular complexity index is 1550. The van der Waals surface area contributed by atoms with Gasteiger partial charge in [-0.15, -0.1) is 0 Å². The third kappa shape index (κ3) is 2.37. The first-order valence-corrected chi connectivity index (χ1v) is 10.3. The Morgan fingerprint density at radius 3 is 2.30 bits per heavy atom. The van der Waals surface area contributed by atoms with E-state index in [2.05, 4.69) is 102 Å². The average molecular weight is 387 g/mol. The summed E-state index contributed by atoms with van der Waals surface area (Å²) in [6.45, 7) is 4.16. The van der Waals surface area contributed by atoms with Gasteiger partial charge in [-0.05, 0) is 66.9 Å². The maximum atomic E-state index is 5.91. The summed E-state index contributed by atoms with van der Waals surface area (Å²) in [5.41, 5.74) is 8.25. The van der Waals surface area contributed by atoms with Crippen LogP contribution >= 0.6 is 0 Å². The first-order chi connectivity index (χ1) is 14.7. The monoisotopic (exact) mass is 387 g/mol. The molecule has 0 fully saturated rings. The molecule has 2 heterocycles. The van der Waals surface area contributed by atoms with Gasteiger partial charge < -0.3 is 8.98 Å². The highest BCUT2D eigenvalue weighted by Gasteiger charge is 2.16. The highest BCUT2D eigenvalue weighted by atomic mass is 16.3. The average Bonchev–Trinajstić information content (AvgIpc) is 3.28. The van der Waals surface area contributed by atoms with Crippen molar-refractivity contribution in [3.8, 4) is 16.8 Å². The van der Waals surface area contributed by atoms with E-state index in [1.54, 1.807) is 0 Å². The fourth-order valence-corrected chi connectivity index (χ4v) is 4.63. The number of benzene rings is 4. The van der Waals surface area contributed by atoms with Crippen LogP contribution in [-0.4, -0.2) is 4.57 Å². The smallest absolute Gasteiger partial charge is 0.134 e. The molecular formula is C28H21NO. The Balaban J connectivity index is 1.72. The zero-order valence-corrected chi connectivity index (χ0v) is 17.0. The largest absolute Gasteiger partial charge is 0.461 e. The second-order valence-corrected chi connectivity index (χ2v) is 7.88. The molecule has 6 rings (SSSR count). The van der Waals surface area contributed by atoms with Crippen LogP contribution in [-0.2, 0) is 0 Å². The zero-order chi connectivity index (χ0) is 20.2. The molecule has 0 bridgehead atoms. The third-order valence-corrected chi connectivity index (χ3v) is 6.20. The van der Waals surface area contributed by atoms with Crippen LogP contribution in [0.25, 0.3) is 49.6 Å². The lowest BCUT2D eigenvalue weighted by Crippen LogP contribution is -1.92. The summed E-state index contributed by atoms with van der Waals surface area (Å²) in [5, 5.41) is 3.75. The maximum absolute atomic E-state index is 5.91. The minimum Gasteiger partial charge on any atom is -0.461 e. The van der Waals surface area contributed by atoms with E-state index in [9.17, 15) is 0 Å². The lowest BCUT2D eigenvalue weighted by molar-refractivity contribution is 0.575. The molecule has 0 N–H and O–H groups in total. The molecule has 144 valence electrons. The Hall–Kier alpha value is -3.78. The van der Waals surface area contributed by atoms with E-state index in [-0.39, 0.29) is 0 Å². The normalized spacial score (nSPS) is 11.7. The first kappa shape index (κ1) is 17.1. The minimum absolute atomic E-state index is 0.952. The van der Waals surface area contributed by atoms with Gasteiger partial charge in [-0.2, -0.15) is 0 Å². The van der Waals surface area contributed by atoms with Gasteiger partial charge in [0.15, 0.2) is 0 Å². The number of aromatic nitrogens is 1. The van der Waals surface area contributed by atoms with Crippen molar-refractivity contribution < 1.29 is 4.42 Å². The lowest BCUT2D eigenvalue weighted by Gasteiger charge is -2.08. The number of nitrogens with zero attached hydrogens (tertiary/aromatic N) is 1. The number of aryl methyl sites for hydroxylation is 2. The molecule has 6 aromatic rings. The molecule has 2 heteroatoms. The van der Waals surface area contributed by atoms with Crippen LogP contribution in [0.4, 0.5) is 0 Å². The highest BCUT2D eigenvalue weighted by molar-refractivity contribution is 6.16. The molecule has 2 nitrogen and oxygen atoms in total. The lowest BCUT2D eigenvalue weighted by atomic mass is 9.98. The zero-order valence-electron chi connectivity index (χ0n) is 17.0. The summed E-state index contributed by atoms with van der Waals surface area (Å²) in [7, 11) is 0. The van der Waals surface area contributed by atoms with Crippen molar-refractivity contribution in [3.63, 3.8) is 0 Å². The van der Waals surface area contributed by atoms with Crippen molar-refractivity contribution in [1.29, 1.82) is 0 Å². The van der Waals surface area contributed by atoms with Gasteiger partial charge in [0.25, 0.3) is 0 Å². The third-order valence-electron chi connectivity index (χ3n) is 6.20. The molecule has 0 aliphatic carbocycles.